The molecular formula is C29H20BNSe2. The van der Waals surface area contributed by atoms with Crippen molar-refractivity contribution in [1.82, 2.24) is 4.57 Å². The van der Waals surface area contributed by atoms with Crippen LogP contribution in [0.4, 0.5) is 0 Å². The molecule has 0 unspecified atom stereocenters. The number of benzene rings is 4. The molecule has 33 heavy (non-hydrogen) atoms. The van der Waals surface area contributed by atoms with Gasteiger partial charge in [-0.05, 0) is 0 Å². The number of fused-ring (bicyclic) bond motifs is 7. The predicted octanol–water partition coefficient (Wildman–Crippen LogP) is 0.572. The summed E-state index contributed by atoms with van der Waals surface area (Å²) in [5, 5.41) is 1.45. The van der Waals surface area contributed by atoms with Gasteiger partial charge in [-0.15, -0.1) is 0 Å². The first-order chi connectivity index (χ1) is 16.4. The molecule has 1 aromatic heterocycles. The van der Waals surface area contributed by atoms with Crippen LogP contribution in [0.3, 0.4) is 0 Å². The van der Waals surface area contributed by atoms with Gasteiger partial charge in [0.2, 0.25) is 0 Å². The van der Waals surface area contributed by atoms with Gasteiger partial charge in [0.1, 0.15) is 0 Å². The van der Waals surface area contributed by atoms with Crippen LogP contribution < -0.4 is 34.2 Å². The third-order valence-electron chi connectivity index (χ3n) is 7.48. The summed E-state index contributed by atoms with van der Waals surface area (Å²) >= 11 is 0.762. The maximum atomic E-state index is 2.57. The summed E-state index contributed by atoms with van der Waals surface area (Å²) in [5.41, 5.74) is 10.5. The molecular weight excluding hydrogens is 531 g/mol. The summed E-state index contributed by atoms with van der Waals surface area (Å²) < 4.78 is 8.86. The van der Waals surface area contributed by atoms with Crippen LogP contribution in [0.25, 0.3) is 16.6 Å². The molecule has 0 fully saturated rings. The van der Waals surface area contributed by atoms with E-state index < -0.39 is 0 Å². The molecule has 0 amide bonds. The van der Waals surface area contributed by atoms with Crippen LogP contribution in [0.15, 0.2) is 84.9 Å². The molecule has 8 rings (SSSR count). The number of aromatic nitrogens is 1. The van der Waals surface area contributed by atoms with Crippen LogP contribution in [0.1, 0.15) is 17.7 Å². The van der Waals surface area contributed by atoms with Crippen LogP contribution in [-0.4, -0.2) is 41.2 Å². The Balaban J connectivity index is 1.36. The normalized spacial score (nSPS) is 15.2. The quantitative estimate of drug-likeness (QED) is 0.264. The zero-order valence-corrected chi connectivity index (χ0v) is 21.5. The van der Waals surface area contributed by atoms with Crippen molar-refractivity contribution in [3.05, 3.63) is 96.2 Å². The molecule has 0 saturated heterocycles. The van der Waals surface area contributed by atoms with Crippen LogP contribution in [0.5, 0.6) is 0 Å². The minimum absolute atomic E-state index is 0.349. The molecule has 2 aliphatic heterocycles. The van der Waals surface area contributed by atoms with Gasteiger partial charge in [-0.2, -0.15) is 0 Å². The number of aryl methyl sites for hydroxylation is 1. The molecule has 0 saturated carbocycles. The van der Waals surface area contributed by atoms with Gasteiger partial charge in [-0.3, -0.25) is 0 Å². The van der Waals surface area contributed by atoms with Gasteiger partial charge in [0, 0.05) is 0 Å². The Morgan fingerprint density at radius 3 is 2.36 bits per heavy atom. The van der Waals surface area contributed by atoms with Gasteiger partial charge in [0.05, 0.1) is 0 Å². The van der Waals surface area contributed by atoms with Crippen molar-refractivity contribution in [2.45, 2.75) is 19.3 Å². The molecule has 0 bridgehead atoms. The summed E-state index contributed by atoms with van der Waals surface area (Å²) in [6.45, 7) is 0.398. The molecule has 4 aromatic carbocycles. The van der Waals surface area contributed by atoms with Gasteiger partial charge in [0.25, 0.3) is 0 Å². The Bertz CT molecular complexity index is 1620. The second-order valence-electron chi connectivity index (χ2n) is 9.20. The van der Waals surface area contributed by atoms with Crippen molar-refractivity contribution in [2.24, 2.45) is 0 Å². The van der Waals surface area contributed by atoms with Crippen LogP contribution in [0, 0.1) is 0 Å². The first-order valence-corrected chi connectivity index (χ1v) is 15.1. The van der Waals surface area contributed by atoms with Crippen LogP contribution >= 0.6 is 0 Å². The molecule has 4 heteroatoms. The number of rotatable bonds is 1. The molecule has 1 aliphatic carbocycles. The van der Waals surface area contributed by atoms with Crippen molar-refractivity contribution in [2.75, 3.05) is 0 Å². The van der Waals surface area contributed by atoms with E-state index in [1.807, 2.05) is 0 Å². The fraction of sp³-hybridized carbons (Fsp3) is 0.103. The van der Waals surface area contributed by atoms with E-state index >= 15 is 0 Å². The Kier molecular flexibility index (Phi) is 4.02. The zero-order chi connectivity index (χ0) is 21.5. The molecule has 0 N–H and O–H groups in total. The van der Waals surface area contributed by atoms with E-state index in [0.717, 1.165) is 0 Å². The number of hydrogen-bond acceptors (Lipinski definition) is 0. The van der Waals surface area contributed by atoms with Crippen molar-refractivity contribution >= 4 is 81.8 Å². The van der Waals surface area contributed by atoms with E-state index in [4.69, 9.17) is 0 Å². The van der Waals surface area contributed by atoms with Crippen molar-refractivity contribution in [3.63, 3.8) is 0 Å². The monoisotopic (exact) mass is 553 g/mol. The standard InChI is InChI=1S/C29H20BNSe2/c1-3-10-23-19(7-1)20-8-5-11-24(20)31(23)18-15-16-22-28(17-18)33-27-14-6-13-26-29(27)30(22)21-9-2-4-12-25(21)32-26/h1-4,6-7,9-10,12-17H,5,8,11H2. The summed E-state index contributed by atoms with van der Waals surface area (Å²) in [5.74, 6) is 0. The third kappa shape index (κ3) is 2.61. The van der Waals surface area contributed by atoms with Crippen LogP contribution in [-0.2, 0) is 12.8 Å². The van der Waals surface area contributed by atoms with Crippen molar-refractivity contribution < 1.29 is 0 Å². The molecule has 3 heterocycles. The topological polar surface area (TPSA) is 4.93 Å². The fourth-order valence-corrected chi connectivity index (χ4v) is 11.4. The van der Waals surface area contributed by atoms with Gasteiger partial charge in [-0.1, -0.05) is 0 Å². The van der Waals surface area contributed by atoms with Crippen LogP contribution in [0.2, 0.25) is 0 Å². The maximum absolute atomic E-state index is 2.57. The van der Waals surface area contributed by atoms with Gasteiger partial charge in [0.15, 0.2) is 0 Å². The molecule has 5 aromatic rings. The average Bonchev–Trinajstić information content (AvgIpc) is 3.44. The van der Waals surface area contributed by atoms with Crippen molar-refractivity contribution in [3.8, 4) is 5.69 Å². The number of hydrogen-bond donors (Lipinski definition) is 0. The summed E-state index contributed by atoms with van der Waals surface area (Å²) in [4.78, 5) is 0. The van der Waals surface area contributed by atoms with E-state index in [1.165, 1.54) is 52.5 Å². The summed E-state index contributed by atoms with van der Waals surface area (Å²) in [7, 11) is 0. The van der Waals surface area contributed by atoms with Gasteiger partial charge in [-0.25, -0.2) is 0 Å². The first-order valence-electron chi connectivity index (χ1n) is 11.7. The summed E-state index contributed by atoms with van der Waals surface area (Å²) in [6, 6.07) is 32.6. The zero-order valence-electron chi connectivity index (χ0n) is 18.0. The first kappa shape index (κ1) is 18.9. The third-order valence-corrected chi connectivity index (χ3v) is 12.3. The summed E-state index contributed by atoms with van der Waals surface area (Å²) in [6.07, 6.45) is 3.69. The fourth-order valence-electron chi connectivity index (χ4n) is 6.13. The van der Waals surface area contributed by atoms with Crippen molar-refractivity contribution in [1.29, 1.82) is 0 Å². The molecule has 0 atom stereocenters. The molecule has 0 radical (unpaired) electrons. The average molecular weight is 551 g/mol. The Labute approximate surface area is 206 Å². The van der Waals surface area contributed by atoms with E-state index in [9.17, 15) is 0 Å². The SMILES string of the molecule is c1ccc2c(c1)[Se]c1cccc3c1B2c1ccc(-n2c4c(c5ccccc52)CCC4)cc1[Se]3. The van der Waals surface area contributed by atoms with Gasteiger partial charge < -0.3 is 0 Å². The van der Waals surface area contributed by atoms with E-state index in [2.05, 4.69) is 89.5 Å². The second-order valence-corrected chi connectivity index (χ2v) is 13.7. The Morgan fingerprint density at radius 2 is 1.42 bits per heavy atom. The Hall–Kier alpha value is -2.48. The number of nitrogens with zero attached hydrogens (tertiary/aromatic N) is 1. The van der Waals surface area contributed by atoms with E-state index in [1.54, 1.807) is 28.9 Å². The molecule has 3 aliphatic rings. The van der Waals surface area contributed by atoms with E-state index in [-0.39, 0.29) is 0 Å². The minimum atomic E-state index is 0.349. The molecule has 156 valence electrons. The van der Waals surface area contributed by atoms with Gasteiger partial charge >= 0.3 is 207 Å². The second kappa shape index (κ2) is 7.01. The number of para-hydroxylation sites is 1. The Morgan fingerprint density at radius 1 is 0.667 bits per heavy atom. The van der Waals surface area contributed by atoms with E-state index in [0.29, 0.717) is 36.6 Å². The molecule has 1 nitrogen and oxygen atoms in total. The molecule has 0 spiro atoms. The predicted molar refractivity (Wildman–Crippen MR) is 143 cm³/mol.